The van der Waals surface area contributed by atoms with Gasteiger partial charge in [-0.25, -0.2) is 9.69 Å². The number of halogens is 1. The zero-order valence-electron chi connectivity index (χ0n) is 15.8. The van der Waals surface area contributed by atoms with Crippen LogP contribution in [0.15, 0.2) is 59.3 Å². The topological polar surface area (TPSA) is 116 Å². The molecule has 1 aliphatic heterocycles. The Morgan fingerprint density at radius 1 is 1.07 bits per heavy atom. The molecule has 2 aromatic rings. The SMILES string of the molecule is CCCOC(=O)c1cccc(N2C(=O)C(Cl)=C(Nc3ccc(C(=O)[O-])cc3)C2=O)c1. The van der Waals surface area contributed by atoms with Gasteiger partial charge in [0.05, 0.1) is 23.8 Å². The number of hydrogen-bond acceptors (Lipinski definition) is 7. The first-order valence-corrected chi connectivity index (χ1v) is 9.35. The Hall–Kier alpha value is -3.65. The molecular formula is C21H16ClN2O6-. The van der Waals surface area contributed by atoms with Crippen LogP contribution in [0.2, 0.25) is 0 Å². The third-order valence-corrected chi connectivity index (χ3v) is 4.55. The van der Waals surface area contributed by atoms with E-state index in [4.69, 9.17) is 16.3 Å². The Balaban J connectivity index is 1.83. The Labute approximate surface area is 176 Å². The summed E-state index contributed by atoms with van der Waals surface area (Å²) in [6.45, 7) is 2.11. The third kappa shape index (κ3) is 4.18. The van der Waals surface area contributed by atoms with Crippen molar-refractivity contribution in [1.29, 1.82) is 0 Å². The molecule has 154 valence electrons. The minimum absolute atomic E-state index is 0.0390. The van der Waals surface area contributed by atoms with Crippen LogP contribution in [0, 0.1) is 0 Å². The van der Waals surface area contributed by atoms with E-state index in [2.05, 4.69) is 5.32 Å². The Kier molecular flexibility index (Phi) is 6.17. The number of amides is 2. The molecule has 9 heteroatoms. The molecule has 2 aromatic carbocycles. The highest BCUT2D eigenvalue weighted by molar-refractivity contribution is 6.53. The number of benzene rings is 2. The van der Waals surface area contributed by atoms with E-state index in [-0.39, 0.29) is 34.2 Å². The minimum atomic E-state index is -1.34. The maximum Gasteiger partial charge on any atom is 0.338 e. The molecule has 0 atom stereocenters. The van der Waals surface area contributed by atoms with Crippen LogP contribution < -0.4 is 15.3 Å². The quantitative estimate of drug-likeness (QED) is 0.531. The summed E-state index contributed by atoms with van der Waals surface area (Å²) in [5.74, 6) is -3.37. The smallest absolute Gasteiger partial charge is 0.338 e. The van der Waals surface area contributed by atoms with Gasteiger partial charge in [-0.3, -0.25) is 9.59 Å². The number of rotatable bonds is 7. The van der Waals surface area contributed by atoms with Crippen molar-refractivity contribution in [3.8, 4) is 0 Å². The van der Waals surface area contributed by atoms with Gasteiger partial charge in [-0.05, 0) is 42.3 Å². The van der Waals surface area contributed by atoms with Crippen molar-refractivity contribution in [2.45, 2.75) is 13.3 Å². The highest BCUT2D eigenvalue weighted by Crippen LogP contribution is 2.30. The number of nitrogens with one attached hydrogen (secondary N) is 1. The third-order valence-electron chi connectivity index (χ3n) is 4.19. The number of ether oxygens (including phenoxy) is 1. The normalized spacial score (nSPS) is 13.6. The summed E-state index contributed by atoms with van der Waals surface area (Å²) in [6, 6.07) is 11.3. The van der Waals surface area contributed by atoms with Crippen molar-refractivity contribution < 1.29 is 29.0 Å². The Morgan fingerprint density at radius 2 is 1.77 bits per heavy atom. The highest BCUT2D eigenvalue weighted by atomic mass is 35.5. The van der Waals surface area contributed by atoms with E-state index in [1.54, 1.807) is 0 Å². The lowest BCUT2D eigenvalue weighted by atomic mass is 10.2. The van der Waals surface area contributed by atoms with Gasteiger partial charge in [-0.2, -0.15) is 0 Å². The molecule has 0 radical (unpaired) electrons. The number of hydrogen-bond donors (Lipinski definition) is 1. The maximum atomic E-state index is 12.8. The zero-order chi connectivity index (χ0) is 21.8. The second-order valence-electron chi connectivity index (χ2n) is 6.31. The van der Waals surface area contributed by atoms with E-state index in [0.717, 1.165) is 4.90 Å². The summed E-state index contributed by atoms with van der Waals surface area (Å²) in [6.07, 6.45) is 0.660. The molecule has 0 aromatic heterocycles. The molecule has 1 heterocycles. The maximum absolute atomic E-state index is 12.8. The van der Waals surface area contributed by atoms with Crippen LogP contribution >= 0.6 is 11.6 Å². The lowest BCUT2D eigenvalue weighted by Gasteiger charge is -2.16. The Bertz CT molecular complexity index is 1060. The molecule has 3 rings (SSSR count). The van der Waals surface area contributed by atoms with E-state index in [9.17, 15) is 24.3 Å². The number of imide groups is 1. The van der Waals surface area contributed by atoms with E-state index in [0.29, 0.717) is 12.1 Å². The molecule has 0 unspecified atom stereocenters. The molecule has 1 N–H and O–H groups in total. The van der Waals surface area contributed by atoms with Gasteiger partial charge in [-0.1, -0.05) is 36.7 Å². The molecule has 8 nitrogen and oxygen atoms in total. The van der Waals surface area contributed by atoms with Crippen LogP contribution in [-0.4, -0.2) is 30.4 Å². The van der Waals surface area contributed by atoms with Crippen LogP contribution in [0.5, 0.6) is 0 Å². The predicted molar refractivity (Wildman–Crippen MR) is 107 cm³/mol. The number of carboxylic acids is 1. The minimum Gasteiger partial charge on any atom is -0.545 e. The fourth-order valence-corrected chi connectivity index (χ4v) is 2.94. The number of carboxylic acid groups (broad SMARTS) is 1. The van der Waals surface area contributed by atoms with Crippen molar-refractivity contribution in [1.82, 2.24) is 0 Å². The second kappa shape index (κ2) is 8.79. The lowest BCUT2D eigenvalue weighted by molar-refractivity contribution is -0.255. The monoisotopic (exact) mass is 427 g/mol. The van der Waals surface area contributed by atoms with Crippen LogP contribution in [0.1, 0.15) is 34.1 Å². The van der Waals surface area contributed by atoms with E-state index in [1.807, 2.05) is 6.92 Å². The van der Waals surface area contributed by atoms with E-state index >= 15 is 0 Å². The number of carbonyl (C=O) groups is 4. The fourth-order valence-electron chi connectivity index (χ4n) is 2.73. The number of aromatic carboxylic acids is 1. The summed E-state index contributed by atoms with van der Waals surface area (Å²) in [5.41, 5.74) is 0.507. The zero-order valence-corrected chi connectivity index (χ0v) is 16.6. The molecule has 0 spiro atoms. The average Bonchev–Trinajstić information content (AvgIpc) is 2.95. The molecule has 0 fully saturated rings. The van der Waals surface area contributed by atoms with Crippen molar-refractivity contribution in [2.24, 2.45) is 0 Å². The average molecular weight is 428 g/mol. The molecule has 0 aliphatic carbocycles. The molecule has 0 saturated heterocycles. The van der Waals surface area contributed by atoms with Crippen molar-refractivity contribution in [3.05, 3.63) is 70.4 Å². The number of nitrogens with zero attached hydrogens (tertiary/aromatic N) is 1. The van der Waals surface area contributed by atoms with Crippen LogP contribution in [-0.2, 0) is 14.3 Å². The van der Waals surface area contributed by atoms with Gasteiger partial charge in [-0.15, -0.1) is 0 Å². The van der Waals surface area contributed by atoms with Crippen molar-refractivity contribution in [2.75, 3.05) is 16.8 Å². The number of anilines is 2. The predicted octanol–water partition coefficient (Wildman–Crippen LogP) is 2.05. The summed E-state index contributed by atoms with van der Waals surface area (Å²) < 4.78 is 5.07. The van der Waals surface area contributed by atoms with Gasteiger partial charge in [0.2, 0.25) is 0 Å². The van der Waals surface area contributed by atoms with Gasteiger partial charge in [0, 0.05) is 5.69 Å². The Morgan fingerprint density at radius 3 is 2.40 bits per heavy atom. The summed E-state index contributed by atoms with van der Waals surface area (Å²) in [4.78, 5) is 49.2. The second-order valence-corrected chi connectivity index (χ2v) is 6.69. The van der Waals surface area contributed by atoms with E-state index in [1.165, 1.54) is 48.5 Å². The van der Waals surface area contributed by atoms with Crippen molar-refractivity contribution in [3.63, 3.8) is 0 Å². The highest BCUT2D eigenvalue weighted by Gasteiger charge is 2.39. The van der Waals surface area contributed by atoms with Crippen LogP contribution in [0.3, 0.4) is 0 Å². The number of carbonyl (C=O) groups excluding carboxylic acids is 4. The van der Waals surface area contributed by atoms with Gasteiger partial charge in [0.15, 0.2) is 0 Å². The first-order valence-electron chi connectivity index (χ1n) is 8.97. The standard InChI is InChI=1S/C21H17ClN2O6/c1-2-10-30-21(29)13-4-3-5-15(11-13)24-18(25)16(22)17(19(24)26)23-14-8-6-12(7-9-14)20(27)28/h3-9,11,23H,2,10H2,1H3,(H,27,28)/p-1. The van der Waals surface area contributed by atoms with Gasteiger partial charge < -0.3 is 20.0 Å². The van der Waals surface area contributed by atoms with E-state index < -0.39 is 23.8 Å². The summed E-state index contributed by atoms with van der Waals surface area (Å²) in [5, 5.41) is 13.2. The summed E-state index contributed by atoms with van der Waals surface area (Å²) in [7, 11) is 0. The summed E-state index contributed by atoms with van der Waals surface area (Å²) >= 11 is 6.08. The molecule has 1 aliphatic rings. The van der Waals surface area contributed by atoms with Gasteiger partial charge in [0.1, 0.15) is 10.7 Å². The first-order chi connectivity index (χ1) is 14.3. The first kappa shape index (κ1) is 21.1. The number of esters is 1. The van der Waals surface area contributed by atoms with Gasteiger partial charge in [0.25, 0.3) is 11.8 Å². The molecule has 0 bridgehead atoms. The largest absolute Gasteiger partial charge is 0.545 e. The molecular weight excluding hydrogens is 412 g/mol. The van der Waals surface area contributed by atoms with Crippen molar-refractivity contribution >= 4 is 46.7 Å². The van der Waals surface area contributed by atoms with Crippen LogP contribution in [0.4, 0.5) is 11.4 Å². The molecule has 30 heavy (non-hydrogen) atoms. The lowest BCUT2D eigenvalue weighted by Crippen LogP contribution is -2.32. The fraction of sp³-hybridized carbons (Fsp3) is 0.143. The molecule has 2 amide bonds. The van der Waals surface area contributed by atoms with Crippen LogP contribution in [0.25, 0.3) is 0 Å². The van der Waals surface area contributed by atoms with Gasteiger partial charge >= 0.3 is 5.97 Å². The molecule has 0 saturated carbocycles.